The van der Waals surface area contributed by atoms with Crippen LogP contribution in [0.4, 0.5) is 15.9 Å². The molecule has 1 N–H and O–H groups in total. The van der Waals surface area contributed by atoms with Crippen molar-refractivity contribution in [3.8, 4) is 5.75 Å². The van der Waals surface area contributed by atoms with Gasteiger partial charge in [-0.1, -0.05) is 41.9 Å². The molecule has 0 aliphatic rings. The average molecular weight is 495 g/mol. The maximum absolute atomic E-state index is 13.4. The van der Waals surface area contributed by atoms with Gasteiger partial charge in [0.15, 0.2) is 11.6 Å². The molecular weight excluding hydrogens is 475 g/mol. The molecule has 0 saturated carbocycles. The topological polar surface area (TPSA) is 99.3 Å². The second-order valence-electron chi connectivity index (χ2n) is 7.82. The number of hydrogen-bond acceptors (Lipinski definition) is 5. The Morgan fingerprint density at radius 1 is 1.14 bits per heavy atom. The number of carbonyl (C=O) groups excluding carboxylic acids is 1. The summed E-state index contributed by atoms with van der Waals surface area (Å²) >= 11 is 6.23. The molecule has 0 saturated heterocycles. The number of hydrogen-bond donors (Lipinski definition) is 1. The molecule has 0 spiro atoms. The van der Waals surface area contributed by atoms with Crippen LogP contribution >= 0.6 is 11.6 Å². The molecule has 0 aliphatic carbocycles. The zero-order valence-electron chi connectivity index (χ0n) is 18.6. The van der Waals surface area contributed by atoms with Gasteiger partial charge < -0.3 is 10.1 Å². The van der Waals surface area contributed by atoms with Crippen LogP contribution in [0.1, 0.15) is 27.0 Å². The zero-order valence-corrected chi connectivity index (χ0v) is 19.3. The van der Waals surface area contributed by atoms with Crippen LogP contribution in [0.15, 0.2) is 72.9 Å². The number of nitro benzene ring substituents is 1. The normalized spacial score (nSPS) is 10.7. The van der Waals surface area contributed by atoms with Gasteiger partial charge in [0.05, 0.1) is 11.5 Å². The Bertz CT molecular complexity index is 1410. The van der Waals surface area contributed by atoms with Crippen LogP contribution in [0, 0.1) is 22.9 Å². The van der Waals surface area contributed by atoms with E-state index in [-0.39, 0.29) is 41.2 Å². The third-order valence-electron chi connectivity index (χ3n) is 5.08. The van der Waals surface area contributed by atoms with E-state index in [9.17, 15) is 19.3 Å². The lowest BCUT2D eigenvalue weighted by Gasteiger charge is -2.09. The molecule has 0 atom stereocenters. The number of amides is 1. The van der Waals surface area contributed by atoms with Gasteiger partial charge >= 0.3 is 5.69 Å². The molecule has 1 aromatic heterocycles. The number of aromatic nitrogens is 2. The largest absolute Gasteiger partial charge is 0.482 e. The standard InChI is InChI=1S/C25H20ClFN4O4/c1-16-8-9-23(22(10-16)31(33)34)35-15-18-5-2-6-19(11-18)25(32)28-24-21(26)14-30(29-24)13-17-4-3-7-20(27)12-17/h2-12,14H,13,15H2,1H3,(H,28,29,32). The highest BCUT2D eigenvalue weighted by Gasteiger charge is 2.16. The number of benzene rings is 3. The van der Waals surface area contributed by atoms with Crippen molar-refractivity contribution in [3.05, 3.63) is 116 Å². The highest BCUT2D eigenvalue weighted by molar-refractivity contribution is 6.33. The summed E-state index contributed by atoms with van der Waals surface area (Å²) in [6.45, 7) is 2.08. The third kappa shape index (κ3) is 6.01. The van der Waals surface area contributed by atoms with Crippen molar-refractivity contribution >= 4 is 29.0 Å². The summed E-state index contributed by atoms with van der Waals surface area (Å²) in [5, 5.41) is 18.5. The van der Waals surface area contributed by atoms with E-state index in [2.05, 4.69) is 10.4 Å². The van der Waals surface area contributed by atoms with Gasteiger partial charge in [-0.25, -0.2) is 4.39 Å². The number of anilines is 1. The van der Waals surface area contributed by atoms with Crippen LogP contribution in [0.25, 0.3) is 0 Å². The van der Waals surface area contributed by atoms with Crippen LogP contribution in [0.3, 0.4) is 0 Å². The first kappa shape index (κ1) is 23.9. The molecule has 3 aromatic carbocycles. The van der Waals surface area contributed by atoms with Crippen molar-refractivity contribution < 1.29 is 18.8 Å². The number of nitrogens with zero attached hydrogens (tertiary/aromatic N) is 3. The molecule has 4 aromatic rings. The van der Waals surface area contributed by atoms with Gasteiger partial charge in [-0.15, -0.1) is 0 Å². The monoisotopic (exact) mass is 494 g/mol. The fourth-order valence-corrected chi connectivity index (χ4v) is 3.62. The number of carbonyl (C=O) groups is 1. The van der Waals surface area contributed by atoms with Gasteiger partial charge in [0, 0.05) is 17.8 Å². The van der Waals surface area contributed by atoms with Gasteiger partial charge in [0.2, 0.25) is 0 Å². The Labute approximate surface area is 205 Å². The minimum Gasteiger partial charge on any atom is -0.482 e. The first-order valence-electron chi connectivity index (χ1n) is 10.5. The van der Waals surface area contributed by atoms with Crippen molar-refractivity contribution in [2.75, 3.05) is 5.32 Å². The van der Waals surface area contributed by atoms with E-state index in [1.807, 2.05) is 0 Å². The first-order valence-corrected chi connectivity index (χ1v) is 10.9. The molecule has 0 aliphatic heterocycles. The van der Waals surface area contributed by atoms with Gasteiger partial charge in [-0.05, 0) is 53.9 Å². The zero-order chi connectivity index (χ0) is 24.9. The molecule has 10 heteroatoms. The average Bonchev–Trinajstić information content (AvgIpc) is 3.16. The summed E-state index contributed by atoms with van der Waals surface area (Å²) in [5.74, 6) is -0.475. The van der Waals surface area contributed by atoms with Crippen molar-refractivity contribution in [1.82, 2.24) is 9.78 Å². The Morgan fingerprint density at radius 3 is 2.69 bits per heavy atom. The lowest BCUT2D eigenvalue weighted by Crippen LogP contribution is -2.13. The predicted octanol–water partition coefficient (Wildman–Crippen LogP) is 5.77. The van der Waals surface area contributed by atoms with E-state index in [1.165, 1.54) is 22.9 Å². The van der Waals surface area contributed by atoms with Gasteiger partial charge in [0.25, 0.3) is 5.91 Å². The molecule has 0 bridgehead atoms. The Morgan fingerprint density at radius 2 is 1.91 bits per heavy atom. The SMILES string of the molecule is Cc1ccc(OCc2cccc(C(=O)Nc3nn(Cc4cccc(F)c4)cc3Cl)c2)c([N+](=O)[O-])c1. The smallest absolute Gasteiger partial charge is 0.311 e. The van der Waals surface area contributed by atoms with Crippen LogP contribution in [-0.4, -0.2) is 20.6 Å². The van der Waals surface area contributed by atoms with E-state index in [4.69, 9.17) is 16.3 Å². The number of aryl methyl sites for hydroxylation is 1. The number of halogens is 2. The van der Waals surface area contributed by atoms with Gasteiger partial charge in [-0.3, -0.25) is 19.6 Å². The van der Waals surface area contributed by atoms with E-state index >= 15 is 0 Å². The van der Waals surface area contributed by atoms with E-state index in [1.54, 1.807) is 61.7 Å². The van der Waals surface area contributed by atoms with Crippen LogP contribution in [-0.2, 0) is 13.2 Å². The maximum Gasteiger partial charge on any atom is 0.311 e. The Balaban J connectivity index is 1.43. The third-order valence-corrected chi connectivity index (χ3v) is 5.35. The number of rotatable bonds is 8. The second kappa shape index (κ2) is 10.4. The molecule has 0 radical (unpaired) electrons. The summed E-state index contributed by atoms with van der Waals surface area (Å²) in [4.78, 5) is 23.6. The molecule has 1 heterocycles. The lowest BCUT2D eigenvalue weighted by atomic mass is 10.1. The molecule has 1 amide bonds. The molecule has 178 valence electrons. The molecule has 8 nitrogen and oxygen atoms in total. The van der Waals surface area contributed by atoms with Gasteiger partial charge in [0.1, 0.15) is 17.4 Å². The Hall–Kier alpha value is -4.24. The van der Waals surface area contributed by atoms with E-state index in [0.29, 0.717) is 16.7 Å². The van der Waals surface area contributed by atoms with Crippen molar-refractivity contribution in [2.24, 2.45) is 0 Å². The second-order valence-corrected chi connectivity index (χ2v) is 8.23. The van der Waals surface area contributed by atoms with Crippen LogP contribution in [0.2, 0.25) is 5.02 Å². The van der Waals surface area contributed by atoms with E-state index < -0.39 is 10.8 Å². The van der Waals surface area contributed by atoms with Crippen molar-refractivity contribution in [3.63, 3.8) is 0 Å². The number of nitrogens with one attached hydrogen (secondary N) is 1. The molecule has 4 rings (SSSR count). The number of nitro groups is 1. The highest BCUT2D eigenvalue weighted by atomic mass is 35.5. The summed E-state index contributed by atoms with van der Waals surface area (Å²) < 4.78 is 20.6. The summed E-state index contributed by atoms with van der Waals surface area (Å²) in [7, 11) is 0. The fraction of sp³-hybridized carbons (Fsp3) is 0.120. The minimum absolute atomic E-state index is 0.0358. The lowest BCUT2D eigenvalue weighted by molar-refractivity contribution is -0.386. The molecular formula is C25H20ClFN4O4. The van der Waals surface area contributed by atoms with Crippen LogP contribution < -0.4 is 10.1 Å². The quantitative estimate of drug-likeness (QED) is 0.247. The molecule has 0 fully saturated rings. The van der Waals surface area contributed by atoms with Crippen molar-refractivity contribution in [1.29, 1.82) is 0 Å². The summed E-state index contributed by atoms with van der Waals surface area (Å²) in [6, 6.07) is 17.5. The van der Waals surface area contributed by atoms with Crippen molar-refractivity contribution in [2.45, 2.75) is 20.1 Å². The summed E-state index contributed by atoms with van der Waals surface area (Å²) in [6.07, 6.45) is 1.54. The maximum atomic E-state index is 13.4. The predicted molar refractivity (Wildman–Crippen MR) is 129 cm³/mol. The van der Waals surface area contributed by atoms with Gasteiger partial charge in [-0.2, -0.15) is 5.10 Å². The summed E-state index contributed by atoms with van der Waals surface area (Å²) in [5.41, 5.74) is 2.31. The molecule has 35 heavy (non-hydrogen) atoms. The fourth-order valence-electron chi connectivity index (χ4n) is 3.42. The number of ether oxygens (including phenoxy) is 1. The first-order chi connectivity index (χ1) is 16.8. The molecule has 0 unspecified atom stereocenters. The minimum atomic E-state index is -0.497. The Kier molecular flexibility index (Phi) is 7.07. The van der Waals surface area contributed by atoms with Crippen LogP contribution in [0.5, 0.6) is 5.75 Å². The van der Waals surface area contributed by atoms with E-state index in [0.717, 1.165) is 5.56 Å². The highest BCUT2D eigenvalue weighted by Crippen LogP contribution is 2.28.